The summed E-state index contributed by atoms with van der Waals surface area (Å²) in [6.07, 6.45) is 5.37. The Morgan fingerprint density at radius 2 is 1.75 bits per heavy atom. The van der Waals surface area contributed by atoms with Gasteiger partial charge in [-0.15, -0.1) is 0 Å². The molecule has 0 aliphatic carbocycles. The van der Waals surface area contributed by atoms with Crippen molar-refractivity contribution in [3.63, 3.8) is 0 Å². The van der Waals surface area contributed by atoms with Crippen LogP contribution in [0.5, 0.6) is 0 Å². The number of piperazine rings is 1. The molecule has 162 valence electrons. The van der Waals surface area contributed by atoms with Gasteiger partial charge in [-0.2, -0.15) is 0 Å². The van der Waals surface area contributed by atoms with E-state index in [1.54, 1.807) is 12.1 Å². The van der Waals surface area contributed by atoms with Gasteiger partial charge in [-0.3, -0.25) is 4.79 Å². The Hall–Kier alpha value is -3.59. The predicted octanol–water partition coefficient (Wildman–Crippen LogP) is 3.80. The topological polar surface area (TPSA) is 67.2 Å². The molecule has 1 amide bonds. The molecule has 0 saturated carbocycles. The number of hydrogen-bond acceptors (Lipinski definition) is 6. The molecule has 0 unspecified atom stereocenters. The number of benzene rings is 1. The molecular weight excluding hydrogens is 427 g/mol. The van der Waals surface area contributed by atoms with Gasteiger partial charge in [0, 0.05) is 50.2 Å². The van der Waals surface area contributed by atoms with Crippen LogP contribution in [0.3, 0.4) is 0 Å². The van der Waals surface area contributed by atoms with Crippen LogP contribution < -0.4 is 4.90 Å². The summed E-state index contributed by atoms with van der Waals surface area (Å²) >= 11 is 1.42. The van der Waals surface area contributed by atoms with E-state index in [-0.39, 0.29) is 11.7 Å². The summed E-state index contributed by atoms with van der Waals surface area (Å²) in [5.74, 6) is 0.545. The molecule has 0 N–H and O–H groups in total. The first-order chi connectivity index (χ1) is 15.6. The van der Waals surface area contributed by atoms with Gasteiger partial charge in [-0.05, 0) is 43.3 Å². The van der Waals surface area contributed by atoms with Crippen molar-refractivity contribution in [2.45, 2.75) is 6.92 Å². The second-order valence-electron chi connectivity index (χ2n) is 7.55. The zero-order valence-electron chi connectivity index (χ0n) is 17.5. The lowest BCUT2D eigenvalue weighted by Crippen LogP contribution is -2.49. The highest BCUT2D eigenvalue weighted by Gasteiger charge is 2.26. The van der Waals surface area contributed by atoms with Gasteiger partial charge in [0.15, 0.2) is 5.13 Å². The van der Waals surface area contributed by atoms with E-state index in [2.05, 4.69) is 19.9 Å². The molecule has 4 heterocycles. The molecule has 1 saturated heterocycles. The summed E-state index contributed by atoms with van der Waals surface area (Å²) in [5, 5.41) is 0.795. The quantitative estimate of drug-likeness (QED) is 0.475. The third-order valence-corrected chi connectivity index (χ3v) is 6.65. The fraction of sp³-hybridized carbons (Fsp3) is 0.217. The van der Waals surface area contributed by atoms with Crippen LogP contribution in [0.1, 0.15) is 15.4 Å². The molecule has 1 fully saturated rings. The number of nitrogens with zero attached hydrogens (tertiary/aromatic N) is 6. The van der Waals surface area contributed by atoms with Crippen molar-refractivity contribution in [1.82, 2.24) is 24.4 Å². The van der Waals surface area contributed by atoms with Gasteiger partial charge < -0.3 is 14.4 Å². The molecule has 1 aromatic carbocycles. The van der Waals surface area contributed by atoms with Crippen LogP contribution in [0.4, 0.5) is 10.2 Å². The second-order valence-corrected chi connectivity index (χ2v) is 8.53. The molecule has 5 rings (SSSR count). The molecule has 3 aromatic heterocycles. The molecule has 0 bridgehead atoms. The van der Waals surface area contributed by atoms with Crippen molar-refractivity contribution >= 4 is 23.1 Å². The van der Waals surface area contributed by atoms with E-state index in [1.807, 2.05) is 47.0 Å². The molecule has 1 aliphatic rings. The fourth-order valence-corrected chi connectivity index (χ4v) is 4.74. The van der Waals surface area contributed by atoms with Crippen molar-refractivity contribution in [2.24, 2.45) is 0 Å². The number of thiazole rings is 1. The van der Waals surface area contributed by atoms with Gasteiger partial charge in [-0.25, -0.2) is 19.3 Å². The Morgan fingerprint density at radius 1 is 1.03 bits per heavy atom. The number of carbonyl (C=O) groups excluding carboxylic acids is 1. The van der Waals surface area contributed by atoms with E-state index in [9.17, 15) is 9.18 Å². The van der Waals surface area contributed by atoms with Crippen molar-refractivity contribution in [2.75, 3.05) is 31.1 Å². The Morgan fingerprint density at radius 3 is 2.47 bits per heavy atom. The van der Waals surface area contributed by atoms with Gasteiger partial charge in [0.25, 0.3) is 5.91 Å². The van der Waals surface area contributed by atoms with Crippen LogP contribution in [-0.2, 0) is 0 Å². The molecule has 32 heavy (non-hydrogen) atoms. The summed E-state index contributed by atoms with van der Waals surface area (Å²) in [6.45, 7) is 4.43. The van der Waals surface area contributed by atoms with Crippen LogP contribution in [0, 0.1) is 12.7 Å². The predicted molar refractivity (Wildman–Crippen MR) is 122 cm³/mol. The first-order valence-electron chi connectivity index (χ1n) is 10.3. The Kier molecular flexibility index (Phi) is 5.40. The highest BCUT2D eigenvalue weighted by Crippen LogP contribution is 2.25. The first kappa shape index (κ1) is 20.3. The number of carbonyl (C=O) groups is 1. The standard InChI is InChI=1S/C23H21FN6OS/c1-16-21(32-23(27-16)30-8-2-3-9-30)22(31)29-12-10-28(11-13-29)20-14-19(25-15-26-20)17-4-6-18(24)7-5-17/h2-9,14-15H,10-13H2,1H3. The smallest absolute Gasteiger partial charge is 0.266 e. The molecule has 4 aromatic rings. The molecule has 7 nitrogen and oxygen atoms in total. The van der Waals surface area contributed by atoms with Crippen molar-refractivity contribution in [3.05, 3.63) is 77.6 Å². The molecule has 9 heteroatoms. The maximum absolute atomic E-state index is 13.2. The summed E-state index contributed by atoms with van der Waals surface area (Å²) < 4.78 is 15.1. The largest absolute Gasteiger partial charge is 0.353 e. The van der Waals surface area contributed by atoms with Gasteiger partial charge in [-0.1, -0.05) is 11.3 Å². The van der Waals surface area contributed by atoms with E-state index < -0.39 is 0 Å². The van der Waals surface area contributed by atoms with Crippen molar-refractivity contribution < 1.29 is 9.18 Å². The van der Waals surface area contributed by atoms with Crippen molar-refractivity contribution in [3.8, 4) is 16.4 Å². The fourth-order valence-electron chi connectivity index (χ4n) is 3.73. The number of aryl methyl sites for hydroxylation is 1. The second kappa shape index (κ2) is 8.51. The average Bonchev–Trinajstić information content (AvgIpc) is 3.49. The van der Waals surface area contributed by atoms with E-state index >= 15 is 0 Å². The molecule has 0 spiro atoms. The third-order valence-electron chi connectivity index (χ3n) is 5.49. The third kappa shape index (κ3) is 3.99. The summed E-state index contributed by atoms with van der Waals surface area (Å²) in [5.41, 5.74) is 2.33. The highest BCUT2D eigenvalue weighted by molar-refractivity contribution is 7.16. The minimum absolute atomic E-state index is 0.0211. The first-order valence-corrected chi connectivity index (χ1v) is 11.1. The maximum Gasteiger partial charge on any atom is 0.266 e. The number of rotatable bonds is 4. The van der Waals surface area contributed by atoms with Gasteiger partial charge in [0.2, 0.25) is 0 Å². The monoisotopic (exact) mass is 448 g/mol. The van der Waals surface area contributed by atoms with Gasteiger partial charge in [0.05, 0.1) is 11.4 Å². The van der Waals surface area contributed by atoms with E-state index in [1.165, 1.54) is 29.8 Å². The number of anilines is 1. The van der Waals surface area contributed by atoms with E-state index in [4.69, 9.17) is 0 Å². The Labute approximate surface area is 188 Å². The van der Waals surface area contributed by atoms with Crippen LogP contribution in [0.25, 0.3) is 16.4 Å². The number of amides is 1. The summed E-state index contributed by atoms with van der Waals surface area (Å²) in [7, 11) is 0. The minimum Gasteiger partial charge on any atom is -0.353 e. The van der Waals surface area contributed by atoms with E-state index in [0.29, 0.717) is 31.1 Å². The molecular formula is C23H21FN6OS. The van der Waals surface area contributed by atoms with Gasteiger partial charge in [0.1, 0.15) is 22.8 Å². The van der Waals surface area contributed by atoms with E-state index in [0.717, 1.165) is 27.9 Å². The van der Waals surface area contributed by atoms with Gasteiger partial charge >= 0.3 is 0 Å². The number of hydrogen-bond donors (Lipinski definition) is 0. The maximum atomic E-state index is 13.2. The van der Waals surface area contributed by atoms with Crippen LogP contribution in [-0.4, -0.2) is 56.5 Å². The number of halogens is 1. The van der Waals surface area contributed by atoms with Crippen LogP contribution in [0.15, 0.2) is 61.2 Å². The zero-order chi connectivity index (χ0) is 22.1. The highest BCUT2D eigenvalue weighted by atomic mass is 32.1. The lowest BCUT2D eigenvalue weighted by atomic mass is 10.1. The SMILES string of the molecule is Cc1nc(-n2cccc2)sc1C(=O)N1CCN(c2cc(-c3ccc(F)cc3)ncn2)CC1. The average molecular weight is 449 g/mol. The van der Waals surface area contributed by atoms with Crippen molar-refractivity contribution in [1.29, 1.82) is 0 Å². The van der Waals surface area contributed by atoms with Crippen LogP contribution >= 0.6 is 11.3 Å². The minimum atomic E-state index is -0.277. The van der Waals surface area contributed by atoms with Crippen LogP contribution in [0.2, 0.25) is 0 Å². The summed E-state index contributed by atoms with van der Waals surface area (Å²) in [6, 6.07) is 12.0. The lowest BCUT2D eigenvalue weighted by Gasteiger charge is -2.35. The Bertz CT molecular complexity index is 1230. The number of aromatic nitrogens is 4. The Balaban J connectivity index is 1.27. The molecule has 0 atom stereocenters. The molecule has 0 radical (unpaired) electrons. The molecule has 1 aliphatic heterocycles. The normalized spacial score (nSPS) is 14.1. The lowest BCUT2D eigenvalue weighted by molar-refractivity contribution is 0.0750. The zero-order valence-corrected chi connectivity index (χ0v) is 18.3. The summed E-state index contributed by atoms with van der Waals surface area (Å²) in [4.78, 5) is 31.1.